The van der Waals surface area contributed by atoms with Crippen LogP contribution in [0.5, 0.6) is 0 Å². The molecule has 1 amide bonds. The van der Waals surface area contributed by atoms with Gasteiger partial charge < -0.3 is 11.1 Å². The average molecular weight is 398 g/mol. The maximum absolute atomic E-state index is 12.3. The molecule has 0 aliphatic rings. The lowest BCUT2D eigenvalue weighted by molar-refractivity contribution is 0.102. The molecule has 0 atom stereocenters. The molecule has 0 aromatic heterocycles. The molecule has 0 aliphatic carbocycles. The van der Waals surface area contributed by atoms with Crippen molar-refractivity contribution in [2.75, 3.05) is 11.1 Å². The number of amides is 1. The van der Waals surface area contributed by atoms with E-state index in [0.29, 0.717) is 16.9 Å². The van der Waals surface area contributed by atoms with E-state index < -0.39 is 0 Å². The zero-order chi connectivity index (χ0) is 14.9. The van der Waals surface area contributed by atoms with Gasteiger partial charge in [0.2, 0.25) is 0 Å². The highest BCUT2D eigenvalue weighted by molar-refractivity contribution is 9.11. The third-order valence-corrected chi connectivity index (χ3v) is 4.04. The first-order valence-electron chi connectivity index (χ1n) is 6.01. The van der Waals surface area contributed by atoms with Crippen molar-refractivity contribution in [1.82, 2.24) is 0 Å². The van der Waals surface area contributed by atoms with Gasteiger partial charge in [-0.1, -0.05) is 0 Å². The molecule has 0 saturated heterocycles. The van der Waals surface area contributed by atoms with Crippen LogP contribution >= 0.6 is 31.9 Å². The lowest BCUT2D eigenvalue weighted by atomic mass is 10.1. The van der Waals surface area contributed by atoms with Crippen LogP contribution in [0.2, 0.25) is 0 Å². The molecular formula is C15H14Br2N2O. The van der Waals surface area contributed by atoms with E-state index in [-0.39, 0.29) is 5.91 Å². The second-order valence-electron chi connectivity index (χ2n) is 4.69. The largest absolute Gasteiger partial charge is 0.399 e. The van der Waals surface area contributed by atoms with Gasteiger partial charge in [0.15, 0.2) is 0 Å². The molecule has 0 radical (unpaired) electrons. The third kappa shape index (κ3) is 3.41. The summed E-state index contributed by atoms with van der Waals surface area (Å²) in [5.74, 6) is -0.189. The fourth-order valence-corrected chi connectivity index (χ4v) is 3.56. The van der Waals surface area contributed by atoms with E-state index in [0.717, 1.165) is 20.1 Å². The molecule has 2 aromatic rings. The Morgan fingerprint density at radius 1 is 1.00 bits per heavy atom. The molecule has 0 aliphatic heterocycles. The Hall–Kier alpha value is -1.33. The average Bonchev–Trinajstić information content (AvgIpc) is 2.32. The van der Waals surface area contributed by atoms with Crippen LogP contribution in [0.15, 0.2) is 39.3 Å². The van der Waals surface area contributed by atoms with E-state index in [2.05, 4.69) is 37.2 Å². The van der Waals surface area contributed by atoms with Crippen LogP contribution in [-0.2, 0) is 0 Å². The Balaban J connectivity index is 2.32. The minimum absolute atomic E-state index is 0.189. The molecule has 2 rings (SSSR count). The van der Waals surface area contributed by atoms with E-state index in [4.69, 9.17) is 5.73 Å². The summed E-state index contributed by atoms with van der Waals surface area (Å²) in [5, 5.41) is 2.89. The van der Waals surface area contributed by atoms with E-state index >= 15 is 0 Å². The lowest BCUT2D eigenvalue weighted by Gasteiger charge is -2.11. The van der Waals surface area contributed by atoms with Gasteiger partial charge in [-0.2, -0.15) is 0 Å². The number of hydrogen-bond donors (Lipinski definition) is 2. The number of rotatable bonds is 2. The molecule has 0 bridgehead atoms. The zero-order valence-corrected chi connectivity index (χ0v) is 14.3. The van der Waals surface area contributed by atoms with Crippen LogP contribution in [0.25, 0.3) is 0 Å². The predicted molar refractivity (Wildman–Crippen MR) is 90.1 cm³/mol. The smallest absolute Gasteiger partial charge is 0.255 e. The van der Waals surface area contributed by atoms with Crippen molar-refractivity contribution >= 4 is 49.1 Å². The van der Waals surface area contributed by atoms with Gasteiger partial charge in [0, 0.05) is 20.2 Å². The van der Waals surface area contributed by atoms with Crippen molar-refractivity contribution in [3.63, 3.8) is 0 Å². The van der Waals surface area contributed by atoms with Gasteiger partial charge >= 0.3 is 0 Å². The van der Waals surface area contributed by atoms with Crippen molar-refractivity contribution in [3.8, 4) is 0 Å². The highest BCUT2D eigenvalue weighted by Crippen LogP contribution is 2.32. The van der Waals surface area contributed by atoms with Crippen molar-refractivity contribution < 1.29 is 4.79 Å². The Kier molecular flexibility index (Phi) is 4.50. The van der Waals surface area contributed by atoms with Crippen molar-refractivity contribution in [3.05, 3.63) is 56.0 Å². The van der Waals surface area contributed by atoms with Crippen LogP contribution in [0.4, 0.5) is 11.4 Å². The Morgan fingerprint density at radius 2 is 1.55 bits per heavy atom. The van der Waals surface area contributed by atoms with Crippen molar-refractivity contribution in [1.29, 1.82) is 0 Å². The third-order valence-electron chi connectivity index (χ3n) is 2.79. The number of hydrogen-bond acceptors (Lipinski definition) is 2. The number of nitrogens with two attached hydrogens (primary N) is 1. The van der Waals surface area contributed by atoms with Crippen LogP contribution in [-0.4, -0.2) is 5.91 Å². The van der Waals surface area contributed by atoms with Gasteiger partial charge in [0.1, 0.15) is 0 Å². The van der Waals surface area contributed by atoms with Gasteiger partial charge in [0.05, 0.1) is 5.69 Å². The number of halogens is 2. The topological polar surface area (TPSA) is 55.1 Å². The minimum Gasteiger partial charge on any atom is -0.399 e. The number of carbonyl (C=O) groups excluding carboxylic acids is 1. The SMILES string of the molecule is Cc1cc(N)cc(C(=O)Nc2c(Br)cc(C)cc2Br)c1. The number of anilines is 2. The minimum atomic E-state index is -0.189. The molecule has 0 saturated carbocycles. The summed E-state index contributed by atoms with van der Waals surface area (Å²) in [6.45, 7) is 3.90. The molecule has 3 nitrogen and oxygen atoms in total. The van der Waals surface area contributed by atoms with Gasteiger partial charge in [0.25, 0.3) is 5.91 Å². The highest BCUT2D eigenvalue weighted by atomic mass is 79.9. The molecule has 5 heteroatoms. The summed E-state index contributed by atoms with van der Waals surface area (Å²) in [4.78, 5) is 12.3. The molecule has 0 heterocycles. The first kappa shape index (κ1) is 15.1. The van der Waals surface area contributed by atoms with Crippen LogP contribution in [0.1, 0.15) is 21.5 Å². The molecule has 3 N–H and O–H groups in total. The summed E-state index contributed by atoms with van der Waals surface area (Å²) in [6.07, 6.45) is 0. The lowest BCUT2D eigenvalue weighted by Crippen LogP contribution is -2.13. The normalized spacial score (nSPS) is 10.4. The summed E-state index contributed by atoms with van der Waals surface area (Å²) in [6, 6.07) is 9.20. The van der Waals surface area contributed by atoms with Gasteiger partial charge in [-0.3, -0.25) is 4.79 Å². The monoisotopic (exact) mass is 396 g/mol. The molecule has 0 spiro atoms. The fraction of sp³-hybridized carbons (Fsp3) is 0.133. The molecule has 0 unspecified atom stereocenters. The number of benzene rings is 2. The van der Waals surface area contributed by atoms with Crippen molar-refractivity contribution in [2.45, 2.75) is 13.8 Å². The van der Waals surface area contributed by atoms with Gasteiger partial charge in [-0.05, 0) is 87.2 Å². The quantitative estimate of drug-likeness (QED) is 0.723. The van der Waals surface area contributed by atoms with E-state index in [1.165, 1.54) is 0 Å². The molecule has 104 valence electrons. The molecule has 2 aromatic carbocycles. The van der Waals surface area contributed by atoms with Crippen LogP contribution in [0.3, 0.4) is 0 Å². The molecular weight excluding hydrogens is 384 g/mol. The number of nitrogen functional groups attached to an aromatic ring is 1. The van der Waals surface area contributed by atoms with Gasteiger partial charge in [-0.15, -0.1) is 0 Å². The maximum atomic E-state index is 12.3. The number of aryl methyl sites for hydroxylation is 2. The summed E-state index contributed by atoms with van der Waals surface area (Å²) >= 11 is 6.92. The summed E-state index contributed by atoms with van der Waals surface area (Å²) in [5.41, 5.74) is 9.66. The second-order valence-corrected chi connectivity index (χ2v) is 6.40. The van der Waals surface area contributed by atoms with Crippen LogP contribution in [0, 0.1) is 13.8 Å². The highest BCUT2D eigenvalue weighted by Gasteiger charge is 2.12. The standard InChI is InChI=1S/C15H14Br2N2O/c1-8-3-10(7-11(18)4-8)15(20)19-14-12(16)5-9(2)6-13(14)17/h3-7H,18H2,1-2H3,(H,19,20). The first-order valence-corrected chi connectivity index (χ1v) is 7.59. The molecule has 20 heavy (non-hydrogen) atoms. The van der Waals surface area contributed by atoms with E-state index in [1.807, 2.05) is 38.1 Å². The number of carbonyl (C=O) groups is 1. The van der Waals surface area contributed by atoms with Gasteiger partial charge in [-0.25, -0.2) is 0 Å². The molecule has 0 fully saturated rings. The van der Waals surface area contributed by atoms with E-state index in [1.54, 1.807) is 6.07 Å². The Bertz CT molecular complexity index is 640. The van der Waals surface area contributed by atoms with E-state index in [9.17, 15) is 4.79 Å². The Labute approximate surface area is 134 Å². The van der Waals surface area contributed by atoms with Crippen molar-refractivity contribution in [2.24, 2.45) is 0 Å². The summed E-state index contributed by atoms with van der Waals surface area (Å²) in [7, 11) is 0. The first-order chi connectivity index (χ1) is 9.36. The maximum Gasteiger partial charge on any atom is 0.255 e. The zero-order valence-electron chi connectivity index (χ0n) is 11.1. The fourth-order valence-electron chi connectivity index (χ4n) is 1.95. The number of nitrogens with one attached hydrogen (secondary N) is 1. The second kappa shape index (κ2) is 5.97. The predicted octanol–water partition coefficient (Wildman–Crippen LogP) is 4.66. The van der Waals surface area contributed by atoms with Crippen LogP contribution < -0.4 is 11.1 Å². The Morgan fingerprint density at radius 3 is 2.10 bits per heavy atom. The summed E-state index contributed by atoms with van der Waals surface area (Å²) < 4.78 is 1.66.